The molecule has 0 saturated heterocycles. The first-order chi connectivity index (χ1) is 12.5. The zero-order chi connectivity index (χ0) is 18.7. The summed E-state index contributed by atoms with van der Waals surface area (Å²) in [5.74, 6) is -0.135. The Morgan fingerprint density at radius 1 is 1.23 bits per heavy atom. The van der Waals surface area contributed by atoms with E-state index in [0.717, 1.165) is 15.7 Å². The molecule has 0 aliphatic rings. The number of nitriles is 1. The Kier molecular flexibility index (Phi) is 4.45. The summed E-state index contributed by atoms with van der Waals surface area (Å²) in [6, 6.07) is 16.3. The van der Waals surface area contributed by atoms with Gasteiger partial charge in [-0.05, 0) is 29.3 Å². The predicted molar refractivity (Wildman–Crippen MR) is 96.0 cm³/mol. The first kappa shape index (κ1) is 16.9. The largest absolute Gasteiger partial charge is 0.376 e. The Hall–Kier alpha value is -3.99. The summed E-state index contributed by atoms with van der Waals surface area (Å²) in [5, 5.41) is 23.3. The van der Waals surface area contributed by atoms with Gasteiger partial charge in [-0.25, -0.2) is 4.98 Å². The van der Waals surface area contributed by atoms with Crippen LogP contribution in [0.25, 0.3) is 11.1 Å². The van der Waals surface area contributed by atoms with Crippen molar-refractivity contribution in [2.24, 2.45) is 7.05 Å². The summed E-state index contributed by atoms with van der Waals surface area (Å²) in [6.07, 6.45) is 1.21. The van der Waals surface area contributed by atoms with Gasteiger partial charge in [0.25, 0.3) is 0 Å². The third-order valence-electron chi connectivity index (χ3n) is 3.77. The molecule has 0 aliphatic heterocycles. The Bertz CT molecular complexity index is 1100. The molecule has 0 radical (unpaired) electrons. The lowest BCUT2D eigenvalue weighted by Gasteiger charge is -2.09. The molecule has 0 spiro atoms. The molecule has 0 saturated carbocycles. The zero-order valence-corrected chi connectivity index (χ0v) is 13.7. The zero-order valence-electron chi connectivity index (χ0n) is 13.7. The van der Waals surface area contributed by atoms with Crippen LogP contribution in [0.3, 0.4) is 0 Å². The second kappa shape index (κ2) is 6.86. The summed E-state index contributed by atoms with van der Waals surface area (Å²) >= 11 is 0. The van der Waals surface area contributed by atoms with Crippen LogP contribution in [-0.4, -0.2) is 14.5 Å². The molecule has 3 aromatic rings. The Labute approximate surface area is 148 Å². The average Bonchev–Trinajstić information content (AvgIpc) is 2.64. The molecular weight excluding hydrogens is 334 g/mol. The molecular formula is C18H13N5O3. The van der Waals surface area contributed by atoms with Crippen molar-refractivity contribution in [3.63, 3.8) is 0 Å². The van der Waals surface area contributed by atoms with Gasteiger partial charge < -0.3 is 5.32 Å². The topological polar surface area (TPSA) is 114 Å². The maximum absolute atomic E-state index is 12.0. The van der Waals surface area contributed by atoms with Gasteiger partial charge in [-0.1, -0.05) is 30.3 Å². The number of benzene rings is 2. The number of hydrogen-bond acceptors (Lipinski definition) is 6. The third kappa shape index (κ3) is 3.14. The van der Waals surface area contributed by atoms with Gasteiger partial charge in [-0.2, -0.15) is 5.26 Å². The lowest BCUT2D eigenvalue weighted by molar-refractivity contribution is -0.385. The number of hydrogen-bond donors (Lipinski definition) is 1. The number of aromatic nitrogens is 2. The molecule has 0 atom stereocenters. The van der Waals surface area contributed by atoms with Gasteiger partial charge in [0.1, 0.15) is 6.33 Å². The number of rotatable bonds is 4. The van der Waals surface area contributed by atoms with Crippen LogP contribution in [0.15, 0.2) is 59.7 Å². The normalized spacial score (nSPS) is 10.2. The van der Waals surface area contributed by atoms with Crippen LogP contribution < -0.4 is 10.9 Å². The minimum Gasteiger partial charge on any atom is -0.334 e. The summed E-state index contributed by atoms with van der Waals surface area (Å²) in [6.45, 7) is 0. The molecule has 0 fully saturated rings. The van der Waals surface area contributed by atoms with Crippen LogP contribution in [-0.2, 0) is 7.05 Å². The van der Waals surface area contributed by atoms with Gasteiger partial charge in [-0.15, -0.1) is 0 Å². The molecule has 0 bridgehead atoms. The molecule has 0 amide bonds. The lowest BCUT2D eigenvalue weighted by Crippen LogP contribution is -2.21. The fourth-order valence-corrected chi connectivity index (χ4v) is 2.52. The van der Waals surface area contributed by atoms with Crippen molar-refractivity contribution in [3.05, 3.63) is 80.9 Å². The van der Waals surface area contributed by atoms with E-state index >= 15 is 0 Å². The first-order valence-corrected chi connectivity index (χ1v) is 7.58. The summed E-state index contributed by atoms with van der Waals surface area (Å²) < 4.78 is 1.04. The van der Waals surface area contributed by atoms with Gasteiger partial charge >= 0.3 is 11.2 Å². The monoisotopic (exact) mass is 347 g/mol. The van der Waals surface area contributed by atoms with Gasteiger partial charge in [0.2, 0.25) is 5.82 Å². The van der Waals surface area contributed by atoms with E-state index in [0.29, 0.717) is 11.3 Å². The number of nitrogens with zero attached hydrogens (tertiary/aromatic N) is 4. The maximum atomic E-state index is 12.0. The van der Waals surface area contributed by atoms with Gasteiger partial charge in [0, 0.05) is 12.7 Å². The summed E-state index contributed by atoms with van der Waals surface area (Å²) in [5.41, 5.74) is 1.15. The second-order valence-electron chi connectivity index (χ2n) is 5.48. The van der Waals surface area contributed by atoms with Crippen molar-refractivity contribution < 1.29 is 4.92 Å². The average molecular weight is 347 g/mol. The molecule has 0 unspecified atom stereocenters. The van der Waals surface area contributed by atoms with E-state index in [1.165, 1.54) is 13.4 Å². The number of aryl methyl sites for hydroxylation is 1. The van der Waals surface area contributed by atoms with Crippen molar-refractivity contribution in [1.29, 1.82) is 5.26 Å². The molecule has 2 aromatic carbocycles. The first-order valence-electron chi connectivity index (χ1n) is 7.58. The Balaban J connectivity index is 2.04. The second-order valence-corrected chi connectivity index (χ2v) is 5.48. The predicted octanol–water partition coefficient (Wildman–Crippen LogP) is 2.97. The van der Waals surface area contributed by atoms with Crippen molar-refractivity contribution in [3.8, 4) is 17.2 Å². The Morgan fingerprint density at radius 2 is 2.00 bits per heavy atom. The van der Waals surface area contributed by atoms with Crippen LogP contribution in [0, 0.1) is 21.4 Å². The maximum Gasteiger partial charge on any atom is 0.376 e. The molecule has 1 aromatic heterocycles. The highest BCUT2D eigenvalue weighted by Gasteiger charge is 2.22. The van der Waals surface area contributed by atoms with Crippen LogP contribution in [0.2, 0.25) is 0 Å². The van der Waals surface area contributed by atoms with Crippen molar-refractivity contribution >= 4 is 17.2 Å². The van der Waals surface area contributed by atoms with Crippen LogP contribution in [0.1, 0.15) is 5.56 Å². The molecule has 1 N–H and O–H groups in total. The third-order valence-corrected chi connectivity index (χ3v) is 3.77. The summed E-state index contributed by atoms with van der Waals surface area (Å²) in [4.78, 5) is 26.4. The molecule has 0 aliphatic carbocycles. The molecule has 8 nitrogen and oxygen atoms in total. The van der Waals surface area contributed by atoms with Crippen molar-refractivity contribution in [1.82, 2.24) is 9.55 Å². The number of nitro groups is 1. The highest BCUT2D eigenvalue weighted by Crippen LogP contribution is 2.28. The SMILES string of the molecule is Cn1cnc(Nc2cccc(-c3ccccc3C#N)c2)c([N+](=O)[O-])c1=O. The quantitative estimate of drug-likeness (QED) is 0.573. The number of nitrogens with one attached hydrogen (secondary N) is 1. The van der Waals surface area contributed by atoms with Crippen molar-refractivity contribution in [2.45, 2.75) is 0 Å². The summed E-state index contributed by atoms with van der Waals surface area (Å²) in [7, 11) is 1.39. The molecule has 8 heteroatoms. The fraction of sp³-hybridized carbons (Fsp3) is 0.0556. The fourth-order valence-electron chi connectivity index (χ4n) is 2.52. The van der Waals surface area contributed by atoms with Crippen LogP contribution in [0.5, 0.6) is 0 Å². The molecule has 128 valence electrons. The molecule has 3 rings (SSSR count). The van der Waals surface area contributed by atoms with Crippen molar-refractivity contribution in [2.75, 3.05) is 5.32 Å². The molecule has 26 heavy (non-hydrogen) atoms. The van der Waals surface area contributed by atoms with E-state index in [2.05, 4.69) is 16.4 Å². The van der Waals surface area contributed by atoms with Crippen LogP contribution in [0.4, 0.5) is 17.2 Å². The highest BCUT2D eigenvalue weighted by molar-refractivity contribution is 5.75. The standard InChI is InChI=1S/C18H13N5O3/c1-22-11-20-17(16(18(22)24)23(25)26)21-14-7-4-6-12(9-14)15-8-3-2-5-13(15)10-19/h2-9,11,21H,1H3. The highest BCUT2D eigenvalue weighted by atomic mass is 16.6. The molecule has 1 heterocycles. The van der Waals surface area contributed by atoms with Gasteiger partial charge in [0.15, 0.2) is 0 Å². The van der Waals surface area contributed by atoms with E-state index in [9.17, 15) is 20.2 Å². The van der Waals surface area contributed by atoms with E-state index in [4.69, 9.17) is 0 Å². The number of anilines is 2. The van der Waals surface area contributed by atoms with Gasteiger partial charge in [-0.3, -0.25) is 19.5 Å². The van der Waals surface area contributed by atoms with E-state index in [-0.39, 0.29) is 5.82 Å². The van der Waals surface area contributed by atoms with Crippen LogP contribution >= 0.6 is 0 Å². The minimum absolute atomic E-state index is 0.135. The van der Waals surface area contributed by atoms with E-state index < -0.39 is 16.2 Å². The lowest BCUT2D eigenvalue weighted by atomic mass is 10.00. The van der Waals surface area contributed by atoms with Gasteiger partial charge in [0.05, 0.1) is 16.6 Å². The minimum atomic E-state index is -0.757. The van der Waals surface area contributed by atoms with E-state index in [1.54, 1.807) is 30.3 Å². The Morgan fingerprint density at radius 3 is 2.73 bits per heavy atom. The smallest absolute Gasteiger partial charge is 0.334 e. The van der Waals surface area contributed by atoms with E-state index in [1.807, 2.05) is 18.2 Å².